The van der Waals surface area contributed by atoms with Crippen LogP contribution in [0.25, 0.3) is 10.9 Å². The Balaban J connectivity index is 2.02. The maximum atomic E-state index is 10.8. The van der Waals surface area contributed by atoms with Gasteiger partial charge in [0.05, 0.1) is 0 Å². The Labute approximate surface area is 93.2 Å². The number of carbonyl (C=O) groups is 1. The summed E-state index contributed by atoms with van der Waals surface area (Å²) < 4.78 is 0. The average molecular weight is 218 g/mol. The van der Waals surface area contributed by atoms with E-state index in [0.29, 0.717) is 6.42 Å². The minimum Gasteiger partial charge on any atom is -0.361 e. The zero-order valence-corrected chi connectivity index (χ0v) is 8.86. The van der Waals surface area contributed by atoms with Gasteiger partial charge in [0, 0.05) is 23.5 Å². The molecular formula is C12H14N2O2. The summed E-state index contributed by atoms with van der Waals surface area (Å²) in [6.45, 7) is 0. The summed E-state index contributed by atoms with van der Waals surface area (Å²) in [6, 6.07) is 8.08. The van der Waals surface area contributed by atoms with Crippen molar-refractivity contribution in [1.29, 1.82) is 0 Å². The molecule has 0 saturated heterocycles. The van der Waals surface area contributed by atoms with Crippen LogP contribution in [0.1, 0.15) is 18.4 Å². The third-order valence-corrected chi connectivity index (χ3v) is 2.65. The maximum Gasteiger partial charge on any atom is 0.243 e. The van der Waals surface area contributed by atoms with Gasteiger partial charge in [-0.15, -0.1) is 0 Å². The average Bonchev–Trinajstić information content (AvgIpc) is 2.73. The number of aromatic nitrogens is 1. The van der Waals surface area contributed by atoms with Crippen molar-refractivity contribution in [1.82, 2.24) is 10.5 Å². The quantitative estimate of drug-likeness (QED) is 0.542. The molecule has 3 N–H and O–H groups in total. The van der Waals surface area contributed by atoms with E-state index in [1.165, 1.54) is 10.9 Å². The Hall–Kier alpha value is -1.81. The number of aryl methyl sites for hydroxylation is 1. The monoisotopic (exact) mass is 218 g/mol. The molecule has 0 bridgehead atoms. The van der Waals surface area contributed by atoms with Crippen LogP contribution in [0.2, 0.25) is 0 Å². The van der Waals surface area contributed by atoms with Crippen molar-refractivity contribution in [3.8, 4) is 0 Å². The predicted octanol–water partition coefficient (Wildman–Crippen LogP) is 2.00. The van der Waals surface area contributed by atoms with Crippen molar-refractivity contribution in [3.63, 3.8) is 0 Å². The Morgan fingerprint density at radius 3 is 3.00 bits per heavy atom. The Morgan fingerprint density at radius 1 is 1.38 bits per heavy atom. The molecule has 1 amide bonds. The van der Waals surface area contributed by atoms with E-state index in [4.69, 9.17) is 5.21 Å². The van der Waals surface area contributed by atoms with Crippen molar-refractivity contribution in [2.75, 3.05) is 0 Å². The highest BCUT2D eigenvalue weighted by Crippen LogP contribution is 2.19. The standard InChI is InChI=1S/C12H14N2O2/c15-12(14-16)7-3-4-9-8-13-11-6-2-1-5-10(9)11/h1-2,5-6,8,13,16H,3-4,7H2,(H,14,15). The van der Waals surface area contributed by atoms with Crippen LogP contribution in [0.4, 0.5) is 0 Å². The lowest BCUT2D eigenvalue weighted by molar-refractivity contribution is -0.129. The molecule has 84 valence electrons. The van der Waals surface area contributed by atoms with Gasteiger partial charge in [0.25, 0.3) is 0 Å². The molecule has 0 aliphatic carbocycles. The normalized spacial score (nSPS) is 10.6. The SMILES string of the molecule is O=C(CCCc1c[nH]c2ccccc12)NO. The van der Waals surface area contributed by atoms with E-state index in [2.05, 4.69) is 11.1 Å². The zero-order chi connectivity index (χ0) is 11.4. The molecule has 0 aliphatic rings. The van der Waals surface area contributed by atoms with E-state index in [0.717, 1.165) is 18.4 Å². The van der Waals surface area contributed by atoms with E-state index >= 15 is 0 Å². The van der Waals surface area contributed by atoms with Gasteiger partial charge < -0.3 is 4.98 Å². The molecule has 0 saturated carbocycles. The third kappa shape index (κ3) is 2.23. The summed E-state index contributed by atoms with van der Waals surface area (Å²) in [4.78, 5) is 14.0. The summed E-state index contributed by atoms with van der Waals surface area (Å²) in [5.74, 6) is -0.333. The van der Waals surface area contributed by atoms with Crippen LogP contribution in [-0.2, 0) is 11.2 Å². The molecule has 16 heavy (non-hydrogen) atoms. The lowest BCUT2D eigenvalue weighted by atomic mass is 10.1. The Morgan fingerprint density at radius 2 is 2.19 bits per heavy atom. The van der Waals surface area contributed by atoms with Gasteiger partial charge in [-0.2, -0.15) is 0 Å². The number of hydroxylamine groups is 1. The molecule has 2 rings (SSSR count). The van der Waals surface area contributed by atoms with Crippen LogP contribution in [0.5, 0.6) is 0 Å². The number of rotatable bonds is 4. The minimum absolute atomic E-state index is 0.333. The number of nitrogens with one attached hydrogen (secondary N) is 2. The second kappa shape index (κ2) is 4.81. The summed E-state index contributed by atoms with van der Waals surface area (Å²) >= 11 is 0. The van der Waals surface area contributed by atoms with Crippen LogP contribution in [0.3, 0.4) is 0 Å². The van der Waals surface area contributed by atoms with Crippen molar-refractivity contribution in [2.24, 2.45) is 0 Å². The molecule has 0 spiro atoms. The molecule has 4 heteroatoms. The van der Waals surface area contributed by atoms with Gasteiger partial charge in [0.2, 0.25) is 5.91 Å². The first-order chi connectivity index (χ1) is 7.81. The van der Waals surface area contributed by atoms with Crippen molar-refractivity contribution < 1.29 is 10.0 Å². The maximum absolute atomic E-state index is 10.8. The third-order valence-electron chi connectivity index (χ3n) is 2.65. The first-order valence-electron chi connectivity index (χ1n) is 5.29. The second-order valence-corrected chi connectivity index (χ2v) is 3.75. The summed E-state index contributed by atoms with van der Waals surface area (Å²) in [5.41, 5.74) is 3.96. The van der Waals surface area contributed by atoms with Crippen LogP contribution >= 0.6 is 0 Å². The molecule has 1 heterocycles. The Kier molecular flexibility index (Phi) is 3.22. The first-order valence-corrected chi connectivity index (χ1v) is 5.29. The number of benzene rings is 1. The van der Waals surface area contributed by atoms with E-state index < -0.39 is 0 Å². The Bertz CT molecular complexity index is 490. The molecule has 0 radical (unpaired) electrons. The van der Waals surface area contributed by atoms with Crippen LogP contribution in [0.15, 0.2) is 30.5 Å². The van der Waals surface area contributed by atoms with E-state index in [1.54, 1.807) is 5.48 Å². The van der Waals surface area contributed by atoms with Crippen molar-refractivity contribution in [3.05, 3.63) is 36.0 Å². The number of fused-ring (bicyclic) bond motifs is 1. The number of amides is 1. The van der Waals surface area contributed by atoms with Crippen LogP contribution < -0.4 is 5.48 Å². The fraction of sp³-hybridized carbons (Fsp3) is 0.250. The van der Waals surface area contributed by atoms with Gasteiger partial charge in [-0.3, -0.25) is 10.0 Å². The number of para-hydroxylation sites is 1. The number of hydrogen-bond donors (Lipinski definition) is 3. The molecular weight excluding hydrogens is 204 g/mol. The molecule has 1 aromatic heterocycles. The summed E-state index contributed by atoms with van der Waals surface area (Å²) in [5, 5.41) is 9.56. The lowest BCUT2D eigenvalue weighted by Crippen LogP contribution is -2.17. The predicted molar refractivity (Wildman–Crippen MR) is 61.2 cm³/mol. The van der Waals surface area contributed by atoms with Crippen LogP contribution in [0, 0.1) is 0 Å². The number of carbonyl (C=O) groups excluding carboxylic acids is 1. The molecule has 0 unspecified atom stereocenters. The molecule has 0 aliphatic heterocycles. The van der Waals surface area contributed by atoms with E-state index in [9.17, 15) is 4.79 Å². The molecule has 2 aromatic rings. The fourth-order valence-corrected chi connectivity index (χ4v) is 1.83. The highest BCUT2D eigenvalue weighted by molar-refractivity contribution is 5.83. The second-order valence-electron chi connectivity index (χ2n) is 3.75. The number of aromatic amines is 1. The van der Waals surface area contributed by atoms with Gasteiger partial charge >= 0.3 is 0 Å². The van der Waals surface area contributed by atoms with Crippen LogP contribution in [-0.4, -0.2) is 16.1 Å². The smallest absolute Gasteiger partial charge is 0.243 e. The van der Waals surface area contributed by atoms with Gasteiger partial charge in [0.15, 0.2) is 0 Å². The van der Waals surface area contributed by atoms with E-state index in [1.807, 2.05) is 24.4 Å². The van der Waals surface area contributed by atoms with Gasteiger partial charge in [-0.25, -0.2) is 5.48 Å². The lowest BCUT2D eigenvalue weighted by Gasteiger charge is -1.99. The summed E-state index contributed by atoms with van der Waals surface area (Å²) in [7, 11) is 0. The molecule has 0 fully saturated rings. The summed E-state index contributed by atoms with van der Waals surface area (Å²) in [6.07, 6.45) is 3.88. The topological polar surface area (TPSA) is 65.1 Å². The highest BCUT2D eigenvalue weighted by atomic mass is 16.5. The van der Waals surface area contributed by atoms with Crippen molar-refractivity contribution in [2.45, 2.75) is 19.3 Å². The highest BCUT2D eigenvalue weighted by Gasteiger charge is 2.04. The zero-order valence-electron chi connectivity index (χ0n) is 8.86. The minimum atomic E-state index is -0.333. The fourth-order valence-electron chi connectivity index (χ4n) is 1.83. The van der Waals surface area contributed by atoms with Gasteiger partial charge in [-0.05, 0) is 24.5 Å². The number of hydrogen-bond acceptors (Lipinski definition) is 2. The largest absolute Gasteiger partial charge is 0.361 e. The molecule has 0 atom stereocenters. The first kappa shape index (κ1) is 10.7. The van der Waals surface area contributed by atoms with Gasteiger partial charge in [-0.1, -0.05) is 18.2 Å². The van der Waals surface area contributed by atoms with Gasteiger partial charge in [0.1, 0.15) is 0 Å². The van der Waals surface area contributed by atoms with Crippen molar-refractivity contribution >= 4 is 16.8 Å². The number of H-pyrrole nitrogens is 1. The molecule has 4 nitrogen and oxygen atoms in total. The molecule has 1 aromatic carbocycles. The van der Waals surface area contributed by atoms with E-state index in [-0.39, 0.29) is 5.91 Å².